The number of halogens is 5. The van der Waals surface area contributed by atoms with E-state index in [0.29, 0.717) is 24.2 Å². The topological polar surface area (TPSA) is 204 Å². The van der Waals surface area contributed by atoms with Gasteiger partial charge >= 0.3 is 12.1 Å². The predicted molar refractivity (Wildman–Crippen MR) is 199 cm³/mol. The van der Waals surface area contributed by atoms with Gasteiger partial charge in [-0.15, -0.1) is 0 Å². The maximum absolute atomic E-state index is 15.0. The molecule has 1 aromatic heterocycles. The van der Waals surface area contributed by atoms with Gasteiger partial charge in [0.15, 0.2) is 0 Å². The molecule has 5 amide bonds. The Morgan fingerprint density at radius 2 is 1.52 bits per heavy atom. The Morgan fingerprint density at radius 3 is 2.09 bits per heavy atom. The van der Waals surface area contributed by atoms with Gasteiger partial charge in [0.25, 0.3) is 11.8 Å². The number of carboxylic acid groups (broad SMARTS) is 1. The lowest BCUT2D eigenvalue weighted by Gasteiger charge is -2.41. The van der Waals surface area contributed by atoms with E-state index < -0.39 is 84.0 Å². The molecule has 14 nitrogen and oxygen atoms in total. The Kier molecular flexibility index (Phi) is 16.4. The standard InChI is InChI=1S/C37H44F2N6O6.C2HF3O2/c1-37(2,3)35(30-18-25(27-19-26(38)10-11-28(27)39)21-43(30)20-24-8-5-4-6-9-24)44(34(50)23-46)17-14-29(40)36(51)42-16-7-15-41-31(47)22-45-32(48)12-13-33(45)49;3-2(4,5)1(6)7/h4-6,8-13,18-19,21,29,35,46H,7,14-17,20,22-23,40H2,1-3H3,(H,41,47)(H,42,51);(H,6,7)/t29-,35-;/m0./s1. The number of amides is 5. The van der Waals surface area contributed by atoms with Crippen LogP contribution in [-0.4, -0.2) is 105 Å². The van der Waals surface area contributed by atoms with Crippen molar-refractivity contribution in [2.45, 2.75) is 58.4 Å². The molecule has 19 heteroatoms. The number of carboxylic acids is 1. The first-order valence-corrected chi connectivity index (χ1v) is 17.9. The molecule has 2 aromatic carbocycles. The highest BCUT2D eigenvalue weighted by atomic mass is 19.4. The molecule has 0 fully saturated rings. The Hall–Kier alpha value is -5.95. The number of hydrogen-bond donors (Lipinski definition) is 5. The highest BCUT2D eigenvalue weighted by Gasteiger charge is 2.39. The van der Waals surface area contributed by atoms with E-state index in [1.807, 2.05) is 55.7 Å². The second kappa shape index (κ2) is 20.5. The minimum absolute atomic E-state index is 0.00501. The first kappa shape index (κ1) is 46.4. The van der Waals surface area contributed by atoms with Crippen LogP contribution >= 0.6 is 0 Å². The zero-order valence-electron chi connectivity index (χ0n) is 31.9. The number of rotatable bonds is 16. The van der Waals surface area contributed by atoms with E-state index in [-0.39, 0.29) is 31.6 Å². The van der Waals surface area contributed by atoms with Crippen LogP contribution < -0.4 is 16.4 Å². The molecule has 0 unspecified atom stereocenters. The second-order valence-corrected chi connectivity index (χ2v) is 14.2. The van der Waals surface area contributed by atoms with Crippen LogP contribution in [0.2, 0.25) is 0 Å². The van der Waals surface area contributed by atoms with Crippen LogP contribution in [0.5, 0.6) is 0 Å². The molecule has 3 aromatic rings. The average Bonchev–Trinajstić information content (AvgIpc) is 3.70. The molecule has 1 aliphatic heterocycles. The molecule has 0 saturated carbocycles. The second-order valence-electron chi connectivity index (χ2n) is 14.2. The van der Waals surface area contributed by atoms with Crippen molar-refractivity contribution >= 4 is 35.5 Å². The van der Waals surface area contributed by atoms with Crippen molar-refractivity contribution in [3.05, 3.63) is 95.8 Å². The van der Waals surface area contributed by atoms with Gasteiger partial charge in [0.05, 0.1) is 12.1 Å². The Balaban J connectivity index is 0.00000117. The van der Waals surface area contributed by atoms with E-state index in [2.05, 4.69) is 10.6 Å². The molecular formula is C39H45F5N6O8. The van der Waals surface area contributed by atoms with Crippen molar-refractivity contribution < 1.29 is 60.9 Å². The summed E-state index contributed by atoms with van der Waals surface area (Å²) in [6, 6.07) is 12.7. The van der Waals surface area contributed by atoms with E-state index in [1.54, 1.807) is 12.3 Å². The van der Waals surface area contributed by atoms with Crippen molar-refractivity contribution in [2.75, 3.05) is 32.8 Å². The normalized spacial score (nSPS) is 13.7. The zero-order chi connectivity index (χ0) is 43.4. The van der Waals surface area contributed by atoms with Crippen molar-refractivity contribution in [3.8, 4) is 11.1 Å². The summed E-state index contributed by atoms with van der Waals surface area (Å²) in [5.74, 6) is -6.69. The van der Waals surface area contributed by atoms with Crippen LogP contribution in [0.3, 0.4) is 0 Å². The number of carbonyl (C=O) groups excluding carboxylic acids is 5. The van der Waals surface area contributed by atoms with Crippen LogP contribution in [0.4, 0.5) is 22.0 Å². The Bertz CT molecular complexity index is 1960. The lowest BCUT2D eigenvalue weighted by molar-refractivity contribution is -0.192. The molecular weight excluding hydrogens is 775 g/mol. The molecule has 0 aliphatic carbocycles. The first-order chi connectivity index (χ1) is 27.1. The molecule has 314 valence electrons. The third-order valence-corrected chi connectivity index (χ3v) is 8.67. The summed E-state index contributed by atoms with van der Waals surface area (Å²) in [5.41, 5.74) is 7.61. The number of nitrogens with one attached hydrogen (secondary N) is 2. The van der Waals surface area contributed by atoms with Gasteiger partial charge in [-0.3, -0.25) is 28.9 Å². The Morgan fingerprint density at radius 1 is 0.914 bits per heavy atom. The van der Waals surface area contributed by atoms with Gasteiger partial charge in [-0.1, -0.05) is 51.1 Å². The number of alkyl halides is 3. The molecule has 0 bridgehead atoms. The fraction of sp³-hybridized carbons (Fsp3) is 0.385. The molecule has 0 spiro atoms. The van der Waals surface area contributed by atoms with E-state index in [9.17, 15) is 51.0 Å². The van der Waals surface area contributed by atoms with Crippen LogP contribution in [0.15, 0.2) is 72.9 Å². The van der Waals surface area contributed by atoms with Crippen LogP contribution in [-0.2, 0) is 35.3 Å². The summed E-state index contributed by atoms with van der Waals surface area (Å²) in [6.45, 7) is 5.24. The predicted octanol–water partition coefficient (Wildman–Crippen LogP) is 3.29. The van der Waals surface area contributed by atoms with E-state index in [0.717, 1.165) is 40.8 Å². The number of aliphatic hydroxyl groups is 1. The quantitative estimate of drug-likeness (QED) is 0.0817. The molecule has 2 atom stereocenters. The number of nitrogens with zero attached hydrogens (tertiary/aromatic N) is 3. The van der Waals surface area contributed by atoms with Crippen LogP contribution in [0.1, 0.15) is 50.9 Å². The fourth-order valence-corrected chi connectivity index (χ4v) is 5.96. The van der Waals surface area contributed by atoms with Gasteiger partial charge in [-0.05, 0) is 48.1 Å². The lowest BCUT2D eigenvalue weighted by Crippen LogP contribution is -2.47. The third kappa shape index (κ3) is 13.3. The van der Waals surface area contributed by atoms with Gasteiger partial charge in [0, 0.05) is 61.3 Å². The van der Waals surface area contributed by atoms with Crippen molar-refractivity contribution in [3.63, 3.8) is 0 Å². The fourth-order valence-electron chi connectivity index (χ4n) is 5.96. The maximum atomic E-state index is 15.0. The van der Waals surface area contributed by atoms with Crippen molar-refractivity contribution in [2.24, 2.45) is 11.1 Å². The van der Waals surface area contributed by atoms with E-state index >= 15 is 0 Å². The third-order valence-electron chi connectivity index (χ3n) is 8.67. The summed E-state index contributed by atoms with van der Waals surface area (Å²) in [5, 5.41) is 22.5. The molecule has 4 rings (SSSR count). The molecule has 2 heterocycles. The molecule has 0 saturated heterocycles. The number of aliphatic carboxylic acids is 1. The summed E-state index contributed by atoms with van der Waals surface area (Å²) < 4.78 is 62.9. The number of benzene rings is 2. The van der Waals surface area contributed by atoms with Crippen LogP contribution in [0, 0.1) is 17.0 Å². The van der Waals surface area contributed by atoms with Crippen molar-refractivity contribution in [1.82, 2.24) is 25.0 Å². The van der Waals surface area contributed by atoms with Crippen molar-refractivity contribution in [1.29, 1.82) is 0 Å². The number of imide groups is 1. The van der Waals surface area contributed by atoms with Gasteiger partial charge in [-0.2, -0.15) is 13.2 Å². The molecule has 58 heavy (non-hydrogen) atoms. The number of aromatic nitrogens is 1. The summed E-state index contributed by atoms with van der Waals surface area (Å²) >= 11 is 0. The molecule has 0 radical (unpaired) electrons. The van der Waals surface area contributed by atoms with Gasteiger partial charge in [-0.25, -0.2) is 13.6 Å². The summed E-state index contributed by atoms with van der Waals surface area (Å²) in [6.07, 6.45) is -0.803. The van der Waals surface area contributed by atoms with E-state index in [4.69, 9.17) is 15.6 Å². The monoisotopic (exact) mass is 820 g/mol. The van der Waals surface area contributed by atoms with Gasteiger partial charge in [0.1, 0.15) is 24.8 Å². The lowest BCUT2D eigenvalue weighted by atomic mass is 9.82. The highest BCUT2D eigenvalue weighted by molar-refractivity contribution is 6.14. The van der Waals surface area contributed by atoms with Crippen LogP contribution in [0.25, 0.3) is 11.1 Å². The van der Waals surface area contributed by atoms with E-state index in [1.165, 1.54) is 4.90 Å². The smallest absolute Gasteiger partial charge is 0.475 e. The molecule has 6 N–H and O–H groups in total. The Labute approximate surface area is 330 Å². The largest absolute Gasteiger partial charge is 0.490 e. The minimum Gasteiger partial charge on any atom is -0.475 e. The number of nitrogens with two attached hydrogens (primary N) is 1. The number of carbonyl (C=O) groups is 6. The number of hydrogen-bond acceptors (Lipinski definition) is 8. The summed E-state index contributed by atoms with van der Waals surface area (Å²) in [7, 11) is 0. The SMILES string of the molecule is CC(C)(C)[C@H](c1cc(-c2cc(F)ccc2F)cn1Cc1ccccc1)N(CC[C@H](N)C(=O)NCCCNC(=O)CN1C(=O)C=CC1=O)C(=O)CO.O=C(O)C(F)(F)F. The van der Waals surface area contributed by atoms with Gasteiger partial charge in [0.2, 0.25) is 17.7 Å². The minimum atomic E-state index is -5.08. The van der Waals surface area contributed by atoms with Gasteiger partial charge < -0.3 is 36.0 Å². The average molecular weight is 821 g/mol. The molecule has 1 aliphatic rings. The highest BCUT2D eigenvalue weighted by Crippen LogP contribution is 2.41. The first-order valence-electron chi connectivity index (χ1n) is 17.9. The zero-order valence-corrected chi connectivity index (χ0v) is 31.9. The summed E-state index contributed by atoms with van der Waals surface area (Å²) in [4.78, 5) is 72.8. The number of aliphatic hydroxyl groups excluding tert-OH is 1. The maximum Gasteiger partial charge on any atom is 0.490 e.